The quantitative estimate of drug-likeness (QED) is 0.648. The van der Waals surface area contributed by atoms with E-state index < -0.39 is 0 Å². The lowest BCUT2D eigenvalue weighted by molar-refractivity contribution is -0.123. The molecule has 1 amide bonds. The number of hydrazone groups is 1. The number of aryl methyl sites for hydroxylation is 2. The van der Waals surface area contributed by atoms with Crippen molar-refractivity contribution >= 4 is 18.2 Å². The maximum atomic E-state index is 11.7. The number of nitrogens with zero attached hydrogens (tertiary/aromatic N) is 1. The maximum Gasteiger partial charge on any atom is 0.277 e. The van der Waals surface area contributed by atoms with Crippen molar-refractivity contribution in [3.8, 4) is 5.75 Å². The van der Waals surface area contributed by atoms with E-state index in [0.717, 1.165) is 16.7 Å². The first-order chi connectivity index (χ1) is 11.5. The van der Waals surface area contributed by atoms with Crippen molar-refractivity contribution in [3.05, 3.63) is 70.8 Å². The second-order valence-corrected chi connectivity index (χ2v) is 5.63. The molecule has 4 heteroatoms. The summed E-state index contributed by atoms with van der Waals surface area (Å²) in [6.07, 6.45) is 3.60. The highest BCUT2D eigenvalue weighted by atomic mass is 16.5. The van der Waals surface area contributed by atoms with Crippen molar-refractivity contribution in [2.45, 2.75) is 20.8 Å². The van der Waals surface area contributed by atoms with Crippen LogP contribution in [0.15, 0.2) is 59.2 Å². The molecule has 0 aliphatic rings. The normalized spacial score (nSPS) is 11.5. The van der Waals surface area contributed by atoms with Crippen molar-refractivity contribution in [1.82, 2.24) is 5.43 Å². The second-order valence-electron chi connectivity index (χ2n) is 5.63. The van der Waals surface area contributed by atoms with E-state index in [4.69, 9.17) is 4.74 Å². The molecule has 4 nitrogen and oxygen atoms in total. The van der Waals surface area contributed by atoms with Crippen LogP contribution in [0.3, 0.4) is 0 Å². The molecule has 24 heavy (non-hydrogen) atoms. The Kier molecular flexibility index (Phi) is 6.32. The summed E-state index contributed by atoms with van der Waals surface area (Å²) in [5, 5.41) is 3.94. The number of ether oxygens (including phenoxy) is 1. The molecule has 1 N–H and O–H groups in total. The van der Waals surface area contributed by atoms with Gasteiger partial charge in [0.05, 0.1) is 6.21 Å². The molecule has 2 aromatic rings. The molecule has 0 radical (unpaired) electrons. The first-order valence-electron chi connectivity index (χ1n) is 7.80. The van der Waals surface area contributed by atoms with E-state index in [-0.39, 0.29) is 12.5 Å². The molecule has 0 heterocycles. The maximum absolute atomic E-state index is 11.7. The number of benzene rings is 2. The molecule has 0 saturated carbocycles. The number of carbonyl (C=O) groups is 1. The van der Waals surface area contributed by atoms with Crippen LogP contribution in [-0.4, -0.2) is 18.7 Å². The summed E-state index contributed by atoms with van der Waals surface area (Å²) in [5.41, 5.74) is 6.81. The van der Waals surface area contributed by atoms with E-state index >= 15 is 0 Å². The highest BCUT2D eigenvalue weighted by Gasteiger charge is 2.02. The van der Waals surface area contributed by atoms with Gasteiger partial charge in [0.25, 0.3) is 5.91 Å². The average molecular weight is 322 g/mol. The van der Waals surface area contributed by atoms with Gasteiger partial charge in [0, 0.05) is 0 Å². The molecule has 0 unspecified atom stereocenters. The summed E-state index contributed by atoms with van der Waals surface area (Å²) in [7, 11) is 0. The molecule has 0 saturated heterocycles. The van der Waals surface area contributed by atoms with Gasteiger partial charge in [-0.1, -0.05) is 42.5 Å². The molecule has 0 aliphatic carbocycles. The molecule has 2 rings (SSSR count). The molecular weight excluding hydrogens is 300 g/mol. The van der Waals surface area contributed by atoms with E-state index in [2.05, 4.69) is 10.5 Å². The third-order valence-corrected chi connectivity index (χ3v) is 3.50. The fourth-order valence-electron chi connectivity index (χ4n) is 2.04. The van der Waals surface area contributed by atoms with Gasteiger partial charge in [-0.25, -0.2) is 5.43 Å². The largest absolute Gasteiger partial charge is 0.484 e. The minimum atomic E-state index is -0.294. The SMILES string of the molecule is CC(=Cc1ccccc1)/C=N\NC(=O)COc1ccc(C)c(C)c1. The molecule has 0 bridgehead atoms. The molecule has 0 aliphatic heterocycles. The molecule has 0 spiro atoms. The van der Waals surface area contributed by atoms with E-state index in [1.54, 1.807) is 6.21 Å². The summed E-state index contributed by atoms with van der Waals surface area (Å²) < 4.78 is 5.46. The van der Waals surface area contributed by atoms with Gasteiger partial charge in [-0.3, -0.25) is 4.79 Å². The summed E-state index contributed by atoms with van der Waals surface area (Å²) in [5.74, 6) is 0.384. The number of hydrogen-bond donors (Lipinski definition) is 1. The van der Waals surface area contributed by atoms with Crippen LogP contribution in [0, 0.1) is 13.8 Å². The van der Waals surface area contributed by atoms with E-state index in [1.165, 1.54) is 5.56 Å². The van der Waals surface area contributed by atoms with Crippen LogP contribution in [0.4, 0.5) is 0 Å². The van der Waals surface area contributed by atoms with Crippen molar-refractivity contribution in [2.75, 3.05) is 6.61 Å². The first kappa shape index (κ1) is 17.5. The monoisotopic (exact) mass is 322 g/mol. The molecule has 2 aromatic carbocycles. The predicted octanol–water partition coefficient (Wildman–Crippen LogP) is 3.89. The average Bonchev–Trinajstić information content (AvgIpc) is 2.57. The van der Waals surface area contributed by atoms with Crippen LogP contribution in [0.25, 0.3) is 6.08 Å². The highest BCUT2D eigenvalue weighted by molar-refractivity contribution is 5.86. The number of allylic oxidation sites excluding steroid dienone is 1. The Balaban J connectivity index is 1.80. The van der Waals surface area contributed by atoms with Crippen LogP contribution < -0.4 is 10.2 Å². The Bertz CT molecular complexity index is 749. The van der Waals surface area contributed by atoms with E-state index in [1.807, 2.05) is 75.4 Å². The van der Waals surface area contributed by atoms with Crippen molar-refractivity contribution < 1.29 is 9.53 Å². The Morgan fingerprint density at radius 3 is 2.58 bits per heavy atom. The fourth-order valence-corrected chi connectivity index (χ4v) is 2.04. The minimum Gasteiger partial charge on any atom is -0.484 e. The van der Waals surface area contributed by atoms with Crippen LogP contribution in [0.1, 0.15) is 23.6 Å². The van der Waals surface area contributed by atoms with Gasteiger partial charge >= 0.3 is 0 Å². The molecule has 0 fully saturated rings. The smallest absolute Gasteiger partial charge is 0.277 e. The lowest BCUT2D eigenvalue weighted by atomic mass is 10.1. The number of nitrogens with one attached hydrogen (secondary N) is 1. The zero-order valence-corrected chi connectivity index (χ0v) is 14.2. The first-order valence-corrected chi connectivity index (χ1v) is 7.80. The molecule has 124 valence electrons. The Hall–Kier alpha value is -2.88. The van der Waals surface area contributed by atoms with Gasteiger partial charge in [-0.2, -0.15) is 5.10 Å². The van der Waals surface area contributed by atoms with Crippen LogP contribution >= 0.6 is 0 Å². The zero-order chi connectivity index (χ0) is 17.4. The van der Waals surface area contributed by atoms with Gasteiger partial charge in [0.15, 0.2) is 6.61 Å². The molecule has 0 aromatic heterocycles. The summed E-state index contributed by atoms with van der Waals surface area (Å²) in [4.78, 5) is 11.7. The third-order valence-electron chi connectivity index (χ3n) is 3.50. The van der Waals surface area contributed by atoms with Crippen molar-refractivity contribution in [1.29, 1.82) is 0 Å². The highest BCUT2D eigenvalue weighted by Crippen LogP contribution is 2.16. The minimum absolute atomic E-state index is 0.0682. The Morgan fingerprint density at radius 2 is 1.88 bits per heavy atom. The summed E-state index contributed by atoms with van der Waals surface area (Å²) >= 11 is 0. The second kappa shape index (κ2) is 8.67. The fraction of sp³-hybridized carbons (Fsp3) is 0.200. The van der Waals surface area contributed by atoms with Gasteiger partial charge < -0.3 is 4.74 Å². The third kappa shape index (κ3) is 5.72. The van der Waals surface area contributed by atoms with Gasteiger partial charge in [-0.15, -0.1) is 0 Å². The molecular formula is C20H22N2O2. The number of amides is 1. The lowest BCUT2D eigenvalue weighted by Crippen LogP contribution is -2.24. The van der Waals surface area contributed by atoms with Gasteiger partial charge in [0.1, 0.15) is 5.75 Å². The Labute approximate surface area is 142 Å². The summed E-state index contributed by atoms with van der Waals surface area (Å²) in [6, 6.07) is 15.7. The zero-order valence-electron chi connectivity index (χ0n) is 14.2. The topological polar surface area (TPSA) is 50.7 Å². The number of rotatable bonds is 6. The predicted molar refractivity (Wildman–Crippen MR) is 98.1 cm³/mol. The van der Waals surface area contributed by atoms with Crippen LogP contribution in [0.2, 0.25) is 0 Å². The van der Waals surface area contributed by atoms with Crippen LogP contribution in [-0.2, 0) is 4.79 Å². The standard InChI is InChI=1S/C20H22N2O2/c1-15(11-18-7-5-4-6-8-18)13-21-22-20(23)14-24-19-10-9-16(2)17(3)12-19/h4-13H,14H2,1-3H3,(H,22,23)/b15-11?,21-13-. The van der Waals surface area contributed by atoms with Gasteiger partial charge in [0.2, 0.25) is 0 Å². The number of hydrogen-bond acceptors (Lipinski definition) is 3. The molecule has 0 atom stereocenters. The van der Waals surface area contributed by atoms with Gasteiger partial charge in [-0.05, 0) is 55.2 Å². The lowest BCUT2D eigenvalue weighted by Gasteiger charge is -2.07. The van der Waals surface area contributed by atoms with Crippen LogP contribution in [0.5, 0.6) is 5.75 Å². The Morgan fingerprint density at radius 1 is 1.12 bits per heavy atom. The summed E-state index contributed by atoms with van der Waals surface area (Å²) in [6.45, 7) is 5.90. The van der Waals surface area contributed by atoms with E-state index in [0.29, 0.717) is 5.75 Å². The van der Waals surface area contributed by atoms with E-state index in [9.17, 15) is 4.79 Å². The van der Waals surface area contributed by atoms with Crippen molar-refractivity contribution in [3.63, 3.8) is 0 Å². The number of carbonyl (C=O) groups excluding carboxylic acids is 1. The van der Waals surface area contributed by atoms with Crippen molar-refractivity contribution in [2.24, 2.45) is 5.10 Å².